The van der Waals surface area contributed by atoms with Crippen LogP contribution < -0.4 is 15.4 Å². The maximum atomic E-state index is 10.6. The fourth-order valence-corrected chi connectivity index (χ4v) is 5.20. The lowest BCUT2D eigenvalue weighted by Gasteiger charge is -2.30. The third-order valence-electron chi connectivity index (χ3n) is 5.50. The Kier molecular flexibility index (Phi) is 10.3. The van der Waals surface area contributed by atoms with Gasteiger partial charge in [-0.25, -0.2) is 0 Å². The second-order valence-corrected chi connectivity index (χ2v) is 8.71. The van der Waals surface area contributed by atoms with E-state index in [4.69, 9.17) is 4.74 Å². The standard InChI is InChI=1S/C21H34N4O2S.HI/c1-3-22-20(24-15-21(26)10-13-28-16-21)23-14-18(25-11-6-7-12-25)17-8-4-5-9-19(17)27-2;/h4-5,8-9,18,26H,3,6-7,10-16H2,1-2H3,(H2,22,23,24);1H. The van der Waals surface area contributed by atoms with Crippen LogP contribution in [0.1, 0.15) is 37.8 Å². The molecule has 0 amide bonds. The molecule has 2 atom stereocenters. The van der Waals surface area contributed by atoms with Gasteiger partial charge in [0.15, 0.2) is 5.96 Å². The lowest BCUT2D eigenvalue weighted by molar-refractivity contribution is 0.0778. The molecule has 29 heavy (non-hydrogen) atoms. The summed E-state index contributed by atoms with van der Waals surface area (Å²) < 4.78 is 5.63. The summed E-state index contributed by atoms with van der Waals surface area (Å²) in [4.78, 5) is 7.21. The Morgan fingerprint density at radius 1 is 1.31 bits per heavy atom. The van der Waals surface area contributed by atoms with Crippen molar-refractivity contribution in [1.82, 2.24) is 15.5 Å². The van der Waals surface area contributed by atoms with Gasteiger partial charge in [0.2, 0.25) is 0 Å². The molecular weight excluding hydrogens is 499 g/mol. The van der Waals surface area contributed by atoms with Gasteiger partial charge in [0.25, 0.3) is 0 Å². The number of hydrogen-bond donors (Lipinski definition) is 3. The van der Waals surface area contributed by atoms with Crippen molar-refractivity contribution in [3.05, 3.63) is 29.8 Å². The van der Waals surface area contributed by atoms with E-state index in [1.807, 2.05) is 12.1 Å². The summed E-state index contributed by atoms with van der Waals surface area (Å²) in [5.41, 5.74) is 0.547. The van der Waals surface area contributed by atoms with Gasteiger partial charge in [-0.05, 0) is 51.1 Å². The number of rotatable bonds is 8. The van der Waals surface area contributed by atoms with Crippen molar-refractivity contribution in [3.8, 4) is 5.75 Å². The minimum atomic E-state index is -0.663. The van der Waals surface area contributed by atoms with Crippen molar-refractivity contribution >= 4 is 41.7 Å². The molecule has 3 rings (SSSR count). The van der Waals surface area contributed by atoms with Crippen LogP contribution >= 0.6 is 35.7 Å². The predicted octanol–water partition coefficient (Wildman–Crippen LogP) is 2.87. The summed E-state index contributed by atoms with van der Waals surface area (Å²) in [6.45, 7) is 6.26. The predicted molar refractivity (Wildman–Crippen MR) is 133 cm³/mol. The van der Waals surface area contributed by atoms with Crippen LogP contribution in [0.25, 0.3) is 0 Å². The molecule has 2 aliphatic rings. The number of benzene rings is 1. The Balaban J connectivity index is 0.00000300. The lowest BCUT2D eigenvalue weighted by atomic mass is 10.0. The van der Waals surface area contributed by atoms with E-state index in [1.165, 1.54) is 18.4 Å². The molecule has 2 aliphatic heterocycles. The first-order valence-electron chi connectivity index (χ1n) is 10.3. The van der Waals surface area contributed by atoms with Crippen molar-refractivity contribution in [2.45, 2.75) is 37.8 Å². The second kappa shape index (κ2) is 12.2. The number of nitrogens with one attached hydrogen (secondary N) is 2. The van der Waals surface area contributed by atoms with Crippen molar-refractivity contribution < 1.29 is 9.84 Å². The van der Waals surface area contributed by atoms with Crippen molar-refractivity contribution in [1.29, 1.82) is 0 Å². The van der Waals surface area contributed by atoms with E-state index >= 15 is 0 Å². The molecule has 1 aromatic rings. The average Bonchev–Trinajstić information content (AvgIpc) is 3.39. The minimum absolute atomic E-state index is 0. The molecule has 1 aromatic carbocycles. The van der Waals surface area contributed by atoms with Crippen LogP contribution in [0.4, 0.5) is 0 Å². The van der Waals surface area contributed by atoms with Gasteiger partial charge < -0.3 is 20.5 Å². The molecule has 2 saturated heterocycles. The van der Waals surface area contributed by atoms with Gasteiger partial charge in [-0.1, -0.05) is 18.2 Å². The third kappa shape index (κ3) is 6.90. The number of para-hydroxylation sites is 1. The van der Waals surface area contributed by atoms with Crippen LogP contribution in [0.3, 0.4) is 0 Å². The highest BCUT2D eigenvalue weighted by molar-refractivity contribution is 14.0. The monoisotopic (exact) mass is 534 g/mol. The Labute approximate surface area is 196 Å². The van der Waals surface area contributed by atoms with Crippen LogP contribution in [-0.4, -0.2) is 72.9 Å². The Morgan fingerprint density at radius 3 is 2.72 bits per heavy atom. The molecule has 0 spiro atoms. The van der Waals surface area contributed by atoms with E-state index < -0.39 is 5.60 Å². The molecule has 0 radical (unpaired) electrons. The molecule has 0 aliphatic carbocycles. The largest absolute Gasteiger partial charge is 0.496 e. The Hall–Kier alpha value is -0.710. The van der Waals surface area contributed by atoms with Crippen molar-refractivity contribution in [3.63, 3.8) is 0 Å². The molecular formula is C21H35IN4O2S. The second-order valence-electron chi connectivity index (χ2n) is 7.60. The molecule has 8 heteroatoms. The van der Waals surface area contributed by atoms with E-state index in [9.17, 15) is 5.11 Å². The van der Waals surface area contributed by atoms with Gasteiger partial charge in [0.1, 0.15) is 5.75 Å². The molecule has 0 aromatic heterocycles. The number of aliphatic imine (C=N–C) groups is 1. The quantitative estimate of drug-likeness (QED) is 0.271. The normalized spacial score (nSPS) is 23.5. The lowest BCUT2D eigenvalue weighted by Crippen LogP contribution is -2.44. The van der Waals surface area contributed by atoms with Gasteiger partial charge in [-0.2, -0.15) is 11.8 Å². The number of nitrogens with zero attached hydrogens (tertiary/aromatic N) is 2. The summed E-state index contributed by atoms with van der Waals surface area (Å²) in [6, 6.07) is 8.51. The fourth-order valence-electron chi connectivity index (χ4n) is 3.91. The van der Waals surface area contributed by atoms with Gasteiger partial charge in [0.05, 0.1) is 25.3 Å². The van der Waals surface area contributed by atoms with Crippen molar-refractivity contribution in [2.75, 3.05) is 51.3 Å². The van der Waals surface area contributed by atoms with Crippen molar-refractivity contribution in [2.24, 2.45) is 4.99 Å². The molecule has 2 fully saturated rings. The summed E-state index contributed by atoms with van der Waals surface area (Å²) in [6.07, 6.45) is 3.30. The van der Waals surface area contributed by atoms with E-state index in [1.54, 1.807) is 18.9 Å². The summed E-state index contributed by atoms with van der Waals surface area (Å²) >= 11 is 1.80. The number of ether oxygens (including phenoxy) is 1. The maximum Gasteiger partial charge on any atom is 0.191 e. The van der Waals surface area contributed by atoms with Gasteiger partial charge in [-0.3, -0.25) is 9.89 Å². The number of halogens is 1. The van der Waals surface area contributed by atoms with Gasteiger partial charge >= 0.3 is 0 Å². The number of hydrogen-bond acceptors (Lipinski definition) is 5. The highest BCUT2D eigenvalue weighted by atomic mass is 127. The summed E-state index contributed by atoms with van der Waals surface area (Å²) in [5.74, 6) is 3.49. The Morgan fingerprint density at radius 2 is 2.07 bits per heavy atom. The van der Waals surface area contributed by atoms with Gasteiger partial charge in [0, 0.05) is 24.4 Å². The number of guanidine groups is 1. The SMILES string of the molecule is CCNC(=NCC1(O)CCSC1)NCC(c1ccccc1OC)N1CCCC1.I. The summed E-state index contributed by atoms with van der Waals surface area (Å²) in [5, 5.41) is 17.4. The first-order chi connectivity index (χ1) is 13.6. The smallest absolute Gasteiger partial charge is 0.191 e. The molecule has 0 saturated carbocycles. The van der Waals surface area contributed by atoms with Crippen LogP contribution in [0, 0.1) is 0 Å². The zero-order valence-corrected chi connectivity index (χ0v) is 20.7. The number of methoxy groups -OCH3 is 1. The van der Waals surface area contributed by atoms with Gasteiger partial charge in [-0.15, -0.1) is 24.0 Å². The van der Waals surface area contributed by atoms with E-state index in [2.05, 4.69) is 39.6 Å². The van der Waals surface area contributed by atoms with Crippen LogP contribution in [-0.2, 0) is 0 Å². The summed E-state index contributed by atoms with van der Waals surface area (Å²) in [7, 11) is 1.74. The first kappa shape index (κ1) is 24.6. The number of thioether (sulfide) groups is 1. The topological polar surface area (TPSA) is 69.1 Å². The zero-order valence-electron chi connectivity index (χ0n) is 17.5. The molecule has 164 valence electrons. The van der Waals surface area contributed by atoms with E-state index in [0.717, 1.165) is 55.8 Å². The van der Waals surface area contributed by atoms with E-state index in [0.29, 0.717) is 6.54 Å². The minimum Gasteiger partial charge on any atom is -0.496 e. The van der Waals surface area contributed by atoms with Crippen LogP contribution in [0.2, 0.25) is 0 Å². The fraction of sp³-hybridized carbons (Fsp3) is 0.667. The highest BCUT2D eigenvalue weighted by Crippen LogP contribution is 2.31. The number of likely N-dealkylation sites (tertiary alicyclic amines) is 1. The number of aliphatic hydroxyl groups is 1. The van der Waals surface area contributed by atoms with E-state index in [-0.39, 0.29) is 30.0 Å². The zero-order chi connectivity index (χ0) is 19.8. The highest BCUT2D eigenvalue weighted by Gasteiger charge is 2.31. The average molecular weight is 535 g/mol. The Bertz CT molecular complexity index is 649. The van der Waals surface area contributed by atoms with Crippen LogP contribution in [0.15, 0.2) is 29.3 Å². The first-order valence-corrected chi connectivity index (χ1v) is 11.5. The molecule has 0 bridgehead atoms. The maximum absolute atomic E-state index is 10.6. The molecule has 3 N–H and O–H groups in total. The molecule has 6 nitrogen and oxygen atoms in total. The third-order valence-corrected chi connectivity index (χ3v) is 6.73. The molecule has 2 unspecified atom stereocenters. The molecule has 2 heterocycles. The van der Waals surface area contributed by atoms with Crippen LogP contribution in [0.5, 0.6) is 5.75 Å².